The van der Waals surface area contributed by atoms with Crippen LogP contribution in [0, 0.1) is 0 Å². The Morgan fingerprint density at radius 3 is 2.86 bits per heavy atom. The summed E-state index contributed by atoms with van der Waals surface area (Å²) in [4.78, 5) is 23.9. The van der Waals surface area contributed by atoms with Crippen LogP contribution >= 0.6 is 23.1 Å². The van der Waals surface area contributed by atoms with Crippen molar-refractivity contribution in [2.75, 3.05) is 18.2 Å². The molecule has 28 heavy (non-hydrogen) atoms. The zero-order valence-corrected chi connectivity index (χ0v) is 17.2. The van der Waals surface area contributed by atoms with Crippen LogP contribution in [0.15, 0.2) is 28.6 Å². The monoisotopic (exact) mass is 421 g/mol. The van der Waals surface area contributed by atoms with Gasteiger partial charge in [-0.05, 0) is 25.0 Å². The summed E-state index contributed by atoms with van der Waals surface area (Å²) < 4.78 is 5.83. The Morgan fingerprint density at radius 2 is 2.07 bits per heavy atom. The Kier molecular flexibility index (Phi) is 7.49. The first kappa shape index (κ1) is 20.4. The van der Waals surface area contributed by atoms with Gasteiger partial charge in [0.15, 0.2) is 4.34 Å². The summed E-state index contributed by atoms with van der Waals surface area (Å²) >= 11 is 2.58. The standard InChI is InChI=1S/C18H23N5O3S2/c1-26-14-9-5-8-13(10-14)20-17-22-23-18(28-17)27-11-15(24)21-16(25)19-12-6-3-2-4-7-12/h5,8-10,12H,2-4,6-7,11H2,1H3,(H,20,22)(H2,19,21,24,25). The fourth-order valence-corrected chi connectivity index (χ4v) is 4.47. The number of ether oxygens (including phenoxy) is 1. The number of carbonyl (C=O) groups excluding carboxylic acids is 2. The van der Waals surface area contributed by atoms with E-state index in [-0.39, 0.29) is 17.7 Å². The fourth-order valence-electron chi connectivity index (χ4n) is 2.90. The predicted molar refractivity (Wildman–Crippen MR) is 110 cm³/mol. The van der Waals surface area contributed by atoms with Gasteiger partial charge in [0.05, 0.1) is 12.9 Å². The van der Waals surface area contributed by atoms with Gasteiger partial charge < -0.3 is 15.4 Å². The molecule has 1 heterocycles. The van der Waals surface area contributed by atoms with E-state index >= 15 is 0 Å². The first-order valence-electron chi connectivity index (χ1n) is 9.10. The molecule has 10 heteroatoms. The first-order chi connectivity index (χ1) is 13.6. The van der Waals surface area contributed by atoms with Crippen molar-refractivity contribution in [2.45, 2.75) is 42.5 Å². The van der Waals surface area contributed by atoms with Gasteiger partial charge in [-0.15, -0.1) is 10.2 Å². The van der Waals surface area contributed by atoms with E-state index in [1.165, 1.54) is 29.5 Å². The number of aromatic nitrogens is 2. The van der Waals surface area contributed by atoms with Crippen LogP contribution in [0.1, 0.15) is 32.1 Å². The number of nitrogens with zero attached hydrogens (tertiary/aromatic N) is 2. The molecular formula is C18H23N5O3S2. The van der Waals surface area contributed by atoms with Crippen molar-refractivity contribution in [1.82, 2.24) is 20.8 Å². The smallest absolute Gasteiger partial charge is 0.321 e. The van der Waals surface area contributed by atoms with E-state index in [9.17, 15) is 9.59 Å². The summed E-state index contributed by atoms with van der Waals surface area (Å²) in [5, 5.41) is 17.1. The molecule has 1 saturated carbocycles. The molecule has 1 fully saturated rings. The lowest BCUT2D eigenvalue weighted by molar-refractivity contribution is -0.117. The second-order valence-electron chi connectivity index (χ2n) is 6.38. The minimum atomic E-state index is -0.421. The topological polar surface area (TPSA) is 105 Å². The van der Waals surface area contributed by atoms with Crippen LogP contribution in [0.3, 0.4) is 0 Å². The molecule has 1 aliphatic carbocycles. The maximum atomic E-state index is 12.0. The number of amides is 3. The third-order valence-corrected chi connectivity index (χ3v) is 6.22. The SMILES string of the molecule is COc1cccc(Nc2nnc(SCC(=O)NC(=O)NC3CCCCC3)s2)c1. The maximum Gasteiger partial charge on any atom is 0.321 e. The number of benzene rings is 1. The number of imide groups is 1. The first-order valence-corrected chi connectivity index (χ1v) is 10.9. The van der Waals surface area contributed by atoms with Crippen LogP contribution in [-0.2, 0) is 4.79 Å². The highest BCUT2D eigenvalue weighted by molar-refractivity contribution is 8.01. The van der Waals surface area contributed by atoms with E-state index < -0.39 is 6.03 Å². The van der Waals surface area contributed by atoms with Crippen LogP contribution in [0.2, 0.25) is 0 Å². The normalized spacial score (nSPS) is 14.3. The number of urea groups is 1. The van der Waals surface area contributed by atoms with Gasteiger partial charge in [0.2, 0.25) is 11.0 Å². The number of rotatable bonds is 7. The van der Waals surface area contributed by atoms with Gasteiger partial charge in [-0.2, -0.15) is 0 Å². The van der Waals surface area contributed by atoms with Gasteiger partial charge >= 0.3 is 6.03 Å². The minimum Gasteiger partial charge on any atom is -0.497 e. The summed E-state index contributed by atoms with van der Waals surface area (Å²) in [6.45, 7) is 0. The van der Waals surface area contributed by atoms with Crippen molar-refractivity contribution in [2.24, 2.45) is 0 Å². The van der Waals surface area contributed by atoms with Crippen LogP contribution in [-0.4, -0.2) is 41.0 Å². The van der Waals surface area contributed by atoms with E-state index in [0.29, 0.717) is 9.47 Å². The quantitative estimate of drug-likeness (QED) is 0.587. The molecule has 3 rings (SSSR count). The molecular weight excluding hydrogens is 398 g/mol. The van der Waals surface area contributed by atoms with Gasteiger partial charge in [0.1, 0.15) is 5.75 Å². The Hall–Kier alpha value is -2.33. The molecule has 1 aromatic carbocycles. The van der Waals surface area contributed by atoms with Crippen LogP contribution < -0.4 is 20.7 Å². The van der Waals surface area contributed by atoms with Crippen molar-refractivity contribution < 1.29 is 14.3 Å². The molecule has 0 unspecified atom stereocenters. The average Bonchev–Trinajstić information content (AvgIpc) is 3.14. The maximum absolute atomic E-state index is 12.0. The Bertz CT molecular complexity index is 808. The highest BCUT2D eigenvalue weighted by Gasteiger charge is 2.17. The summed E-state index contributed by atoms with van der Waals surface area (Å²) in [5.41, 5.74) is 0.837. The number of nitrogens with one attached hydrogen (secondary N) is 3. The Labute approximate surface area is 171 Å². The van der Waals surface area contributed by atoms with Crippen LogP contribution in [0.25, 0.3) is 0 Å². The van der Waals surface area contributed by atoms with E-state index in [0.717, 1.165) is 37.1 Å². The van der Waals surface area contributed by atoms with Crippen molar-refractivity contribution >= 4 is 45.9 Å². The molecule has 1 aromatic heterocycles. The van der Waals surface area contributed by atoms with Crippen molar-refractivity contribution in [3.05, 3.63) is 24.3 Å². The number of carbonyl (C=O) groups is 2. The number of thioether (sulfide) groups is 1. The second-order valence-corrected chi connectivity index (χ2v) is 8.58. The van der Waals surface area contributed by atoms with Crippen molar-refractivity contribution in [1.29, 1.82) is 0 Å². The molecule has 0 atom stereocenters. The van der Waals surface area contributed by atoms with Gasteiger partial charge in [0.25, 0.3) is 0 Å². The van der Waals surface area contributed by atoms with E-state index in [4.69, 9.17) is 4.74 Å². The predicted octanol–water partition coefficient (Wildman–Crippen LogP) is 3.54. The molecule has 3 N–H and O–H groups in total. The third kappa shape index (κ3) is 6.38. The molecule has 0 aliphatic heterocycles. The van der Waals surface area contributed by atoms with Crippen molar-refractivity contribution in [3.8, 4) is 5.75 Å². The van der Waals surface area contributed by atoms with Crippen LogP contribution in [0.5, 0.6) is 5.75 Å². The van der Waals surface area contributed by atoms with E-state index in [1.807, 2.05) is 24.3 Å². The molecule has 3 amide bonds. The number of hydrogen-bond acceptors (Lipinski definition) is 8. The highest BCUT2D eigenvalue weighted by atomic mass is 32.2. The van der Waals surface area contributed by atoms with E-state index in [1.54, 1.807) is 7.11 Å². The summed E-state index contributed by atoms with van der Waals surface area (Å²) in [6, 6.07) is 7.23. The summed E-state index contributed by atoms with van der Waals surface area (Å²) in [6.07, 6.45) is 5.41. The van der Waals surface area contributed by atoms with Crippen LogP contribution in [0.4, 0.5) is 15.6 Å². The second kappa shape index (κ2) is 10.3. The molecule has 2 aromatic rings. The van der Waals surface area contributed by atoms with E-state index in [2.05, 4.69) is 26.1 Å². The Balaban J connectivity index is 1.42. The highest BCUT2D eigenvalue weighted by Crippen LogP contribution is 2.28. The van der Waals surface area contributed by atoms with Gasteiger partial charge in [0, 0.05) is 17.8 Å². The molecule has 0 spiro atoms. The van der Waals surface area contributed by atoms with Crippen molar-refractivity contribution in [3.63, 3.8) is 0 Å². The number of anilines is 2. The number of methoxy groups -OCH3 is 1. The summed E-state index contributed by atoms with van der Waals surface area (Å²) in [7, 11) is 1.61. The zero-order chi connectivity index (χ0) is 19.8. The third-order valence-electron chi connectivity index (χ3n) is 4.25. The summed E-state index contributed by atoms with van der Waals surface area (Å²) in [5.74, 6) is 0.495. The molecule has 1 aliphatic rings. The largest absolute Gasteiger partial charge is 0.497 e. The number of hydrogen-bond donors (Lipinski definition) is 3. The van der Waals surface area contributed by atoms with Gasteiger partial charge in [-0.1, -0.05) is 48.4 Å². The minimum absolute atomic E-state index is 0.103. The lowest BCUT2D eigenvalue weighted by Gasteiger charge is -2.22. The molecule has 150 valence electrons. The van der Waals surface area contributed by atoms with Gasteiger partial charge in [-0.3, -0.25) is 10.1 Å². The molecule has 0 radical (unpaired) electrons. The zero-order valence-electron chi connectivity index (χ0n) is 15.6. The average molecular weight is 422 g/mol. The lowest BCUT2D eigenvalue weighted by atomic mass is 9.96. The Morgan fingerprint density at radius 1 is 1.25 bits per heavy atom. The lowest BCUT2D eigenvalue weighted by Crippen LogP contribution is -2.45. The molecule has 8 nitrogen and oxygen atoms in total. The molecule has 0 saturated heterocycles. The van der Waals surface area contributed by atoms with Gasteiger partial charge in [-0.25, -0.2) is 4.79 Å². The fraction of sp³-hybridized carbons (Fsp3) is 0.444. The molecule has 0 bridgehead atoms.